The van der Waals surface area contributed by atoms with E-state index < -0.39 is 24.1 Å². The Bertz CT molecular complexity index is 3300. The van der Waals surface area contributed by atoms with Crippen molar-refractivity contribution >= 4 is 11.0 Å². The summed E-state index contributed by atoms with van der Waals surface area (Å²) in [6, 6.07) is 42.1. The topological polar surface area (TPSA) is 50.9 Å². The monoisotopic (exact) mass is 1070 g/mol. The number of imidazole rings is 1. The number of rotatable bonds is 8. The minimum atomic E-state index is -2.59. The molecule has 0 bridgehead atoms. The minimum Gasteiger partial charge on any atom is -0.507 e. The Hall–Kier alpha value is -5.57. The van der Waals surface area contributed by atoms with E-state index in [1.807, 2.05) is 112 Å². The van der Waals surface area contributed by atoms with E-state index in [1.165, 1.54) is 5.56 Å². The van der Waals surface area contributed by atoms with Crippen LogP contribution in [0.15, 0.2) is 121 Å². The standard InChI is InChI=1S/C62H68N3O.Pt/c1-37(2)44-30-45(38(3)4)32-46(31-44)42-21-24-55(40(6)29-42)65-56-18-16-17-51(57(56)64-59(65)52-27-39(5)28-53(58(52)66)62(13,14)15)47-33-48(35-50(34-47)61(10,11)12)54-36-43(25-26-63-54)41-19-22-49(23-20-41)60(7,8)9;/h16-32,34-38,66H,1-15H3;/q-1;/i6D3,37D,38D;. The Balaban J connectivity index is 0.00000760. The maximum atomic E-state index is 12.3. The van der Waals surface area contributed by atoms with Crippen molar-refractivity contribution in [2.75, 3.05) is 0 Å². The van der Waals surface area contributed by atoms with Crippen LogP contribution in [0.5, 0.6) is 5.75 Å². The van der Waals surface area contributed by atoms with Gasteiger partial charge >= 0.3 is 0 Å². The van der Waals surface area contributed by atoms with Gasteiger partial charge < -0.3 is 5.11 Å². The van der Waals surface area contributed by atoms with E-state index in [0.29, 0.717) is 33.7 Å². The predicted octanol–water partition coefficient (Wildman–Crippen LogP) is 17.0. The molecule has 4 nitrogen and oxygen atoms in total. The van der Waals surface area contributed by atoms with Crippen LogP contribution in [0.2, 0.25) is 0 Å². The molecule has 5 heteroatoms. The summed E-state index contributed by atoms with van der Waals surface area (Å²) in [5.41, 5.74) is 13.8. The van der Waals surface area contributed by atoms with Crippen LogP contribution in [-0.2, 0) is 37.3 Å². The fourth-order valence-corrected chi connectivity index (χ4v) is 8.75. The zero-order valence-corrected chi connectivity index (χ0v) is 43.9. The van der Waals surface area contributed by atoms with Gasteiger partial charge in [0, 0.05) is 45.4 Å². The van der Waals surface area contributed by atoms with Gasteiger partial charge in [-0.1, -0.05) is 174 Å². The normalized spacial score (nSPS) is 13.9. The van der Waals surface area contributed by atoms with E-state index in [4.69, 9.17) is 16.8 Å². The van der Waals surface area contributed by atoms with Crippen molar-refractivity contribution in [3.63, 3.8) is 0 Å². The molecule has 0 amide bonds. The molecular weight excluding hydrogens is 998 g/mol. The van der Waals surface area contributed by atoms with Crippen LogP contribution in [0.3, 0.4) is 0 Å². The second-order valence-corrected chi connectivity index (χ2v) is 21.6. The van der Waals surface area contributed by atoms with E-state index in [9.17, 15) is 5.11 Å². The van der Waals surface area contributed by atoms with Crippen LogP contribution in [0.25, 0.3) is 72.7 Å². The number of para-hydroxylation sites is 1. The molecule has 0 aliphatic heterocycles. The van der Waals surface area contributed by atoms with E-state index in [0.717, 1.165) is 66.9 Å². The van der Waals surface area contributed by atoms with Crippen LogP contribution >= 0.6 is 0 Å². The maximum Gasteiger partial charge on any atom is 0.148 e. The summed E-state index contributed by atoms with van der Waals surface area (Å²) in [4.78, 5) is 10.4. The molecule has 348 valence electrons. The van der Waals surface area contributed by atoms with Crippen LogP contribution in [0.4, 0.5) is 0 Å². The van der Waals surface area contributed by atoms with Crippen molar-refractivity contribution in [1.82, 2.24) is 14.5 Å². The summed E-state index contributed by atoms with van der Waals surface area (Å²) in [7, 11) is 0. The van der Waals surface area contributed by atoms with Crippen LogP contribution in [0, 0.1) is 19.8 Å². The molecule has 0 saturated heterocycles. The number of pyridine rings is 1. The fourth-order valence-electron chi connectivity index (χ4n) is 8.75. The van der Waals surface area contributed by atoms with E-state index in [1.54, 1.807) is 6.07 Å². The number of hydrogen-bond acceptors (Lipinski definition) is 3. The van der Waals surface area contributed by atoms with Crippen LogP contribution in [0.1, 0.15) is 148 Å². The molecule has 0 atom stereocenters. The molecule has 1 N–H and O–H groups in total. The number of fused-ring (bicyclic) bond motifs is 1. The minimum absolute atomic E-state index is 0. The SMILES string of the molecule is [2H]C([2H])([2H])c1cc(-c2cc(C([2H])(C)C)cc(C([2H])(C)C)c2)ccc1-n1c(-c2cc(C)cc(C(C)(C)C)c2O)nc2c(-c3[c-]c(-c4cc(-c5ccc(C(C)(C)C)cc5)ccn4)cc(C(C)(C)C)c3)cccc21.[Pt]. The molecule has 67 heavy (non-hydrogen) atoms. The Morgan fingerprint density at radius 2 is 1.25 bits per heavy atom. The first-order valence-corrected chi connectivity index (χ1v) is 23.1. The molecule has 0 fully saturated rings. The average molecular weight is 1070 g/mol. The molecule has 6 aromatic carbocycles. The van der Waals surface area contributed by atoms with Crippen LogP contribution < -0.4 is 0 Å². The van der Waals surface area contributed by atoms with Gasteiger partial charge in [0.1, 0.15) is 11.6 Å². The maximum absolute atomic E-state index is 12.3. The Morgan fingerprint density at radius 1 is 0.627 bits per heavy atom. The molecule has 2 aromatic heterocycles. The first-order chi connectivity index (χ1) is 32.8. The first kappa shape index (κ1) is 42.8. The van der Waals surface area contributed by atoms with Gasteiger partial charge in [-0.15, -0.1) is 29.3 Å². The molecule has 0 saturated carbocycles. The van der Waals surface area contributed by atoms with E-state index in [-0.39, 0.29) is 43.2 Å². The molecule has 2 heterocycles. The summed E-state index contributed by atoms with van der Waals surface area (Å²) >= 11 is 0. The number of nitrogens with zero attached hydrogens (tertiary/aromatic N) is 3. The van der Waals surface area contributed by atoms with Gasteiger partial charge in [-0.3, -0.25) is 9.55 Å². The van der Waals surface area contributed by atoms with Crippen molar-refractivity contribution in [1.29, 1.82) is 0 Å². The zero-order valence-electron chi connectivity index (χ0n) is 46.7. The summed E-state index contributed by atoms with van der Waals surface area (Å²) < 4.78 is 47.0. The quantitative estimate of drug-likeness (QED) is 0.154. The van der Waals surface area contributed by atoms with Gasteiger partial charge in [-0.25, -0.2) is 4.98 Å². The fraction of sp³-hybridized carbons (Fsp3) is 0.323. The summed E-state index contributed by atoms with van der Waals surface area (Å²) in [6.07, 6.45) is 1.85. The number of aromatic nitrogens is 3. The smallest absolute Gasteiger partial charge is 0.148 e. The molecule has 0 aliphatic rings. The number of phenolic OH excluding ortho intramolecular Hbond substituents is 1. The molecule has 8 rings (SSSR count). The van der Waals surface area contributed by atoms with E-state index >= 15 is 0 Å². The molecule has 0 aliphatic carbocycles. The largest absolute Gasteiger partial charge is 0.507 e. The number of aromatic hydroxyl groups is 1. The Morgan fingerprint density at radius 3 is 1.87 bits per heavy atom. The van der Waals surface area contributed by atoms with Crippen molar-refractivity contribution in [3.05, 3.63) is 166 Å². The molecule has 0 spiro atoms. The van der Waals surface area contributed by atoms with Gasteiger partial charge in [0.05, 0.1) is 22.3 Å². The van der Waals surface area contributed by atoms with Gasteiger partial charge in [-0.05, 0) is 122 Å². The third-order valence-electron chi connectivity index (χ3n) is 12.8. The summed E-state index contributed by atoms with van der Waals surface area (Å²) in [5.74, 6) is -1.45. The number of hydrogen-bond donors (Lipinski definition) is 1. The van der Waals surface area contributed by atoms with Gasteiger partial charge in [0.25, 0.3) is 0 Å². The number of aryl methyl sites for hydroxylation is 2. The molecular formula is C62H68N3OPt-. The van der Waals surface area contributed by atoms with Crippen LogP contribution in [-0.4, -0.2) is 19.6 Å². The van der Waals surface area contributed by atoms with Gasteiger partial charge in [0.15, 0.2) is 0 Å². The Kier molecular flexibility index (Phi) is 11.8. The third-order valence-corrected chi connectivity index (χ3v) is 12.8. The average Bonchev–Trinajstić information content (AvgIpc) is 3.67. The van der Waals surface area contributed by atoms with Crippen molar-refractivity contribution in [2.45, 2.75) is 132 Å². The second kappa shape index (κ2) is 18.5. The van der Waals surface area contributed by atoms with Gasteiger partial charge in [-0.2, -0.15) is 0 Å². The molecule has 8 aromatic rings. The first-order valence-electron chi connectivity index (χ1n) is 25.6. The molecule has 0 unspecified atom stereocenters. The second-order valence-electron chi connectivity index (χ2n) is 21.6. The van der Waals surface area contributed by atoms with Crippen molar-refractivity contribution in [2.24, 2.45) is 0 Å². The number of benzene rings is 6. The van der Waals surface area contributed by atoms with Crippen molar-refractivity contribution in [3.8, 4) is 67.5 Å². The molecule has 0 radical (unpaired) electrons. The zero-order chi connectivity index (χ0) is 52.0. The predicted molar refractivity (Wildman–Crippen MR) is 280 cm³/mol. The van der Waals surface area contributed by atoms with E-state index in [2.05, 4.69) is 111 Å². The summed E-state index contributed by atoms with van der Waals surface area (Å²) in [6.45, 7) is 26.1. The summed E-state index contributed by atoms with van der Waals surface area (Å²) in [5, 5.41) is 12.3. The van der Waals surface area contributed by atoms with Gasteiger partial charge in [0.2, 0.25) is 0 Å². The number of phenols is 1. The third kappa shape index (κ3) is 10.0. The van der Waals surface area contributed by atoms with Crippen molar-refractivity contribution < 1.29 is 33.0 Å². The Labute approximate surface area is 422 Å².